The van der Waals surface area contributed by atoms with Crippen LogP contribution in [0.15, 0.2) is 42.6 Å². The molecule has 3 rings (SSSR count). The molecule has 1 fully saturated rings. The van der Waals surface area contributed by atoms with Crippen molar-refractivity contribution < 1.29 is 8.42 Å². The molecule has 0 spiro atoms. The minimum Gasteiger partial charge on any atom is -0.244 e. The van der Waals surface area contributed by atoms with Crippen molar-refractivity contribution >= 4 is 33.4 Å². The number of aromatic nitrogens is 1. The fraction of sp³-hybridized carbons (Fsp3) is 0.214. The van der Waals surface area contributed by atoms with Crippen LogP contribution in [0.3, 0.4) is 0 Å². The molecule has 5 nitrogen and oxygen atoms in total. The number of pyridine rings is 1. The van der Waals surface area contributed by atoms with Gasteiger partial charge in [-0.15, -0.1) is 0 Å². The van der Waals surface area contributed by atoms with Gasteiger partial charge in [0.05, 0.1) is 11.6 Å². The average Bonchev–Trinajstić information content (AvgIpc) is 2.71. The normalized spacial score (nSPS) is 27.0. The Labute approximate surface area is 138 Å². The first-order chi connectivity index (χ1) is 10.3. The van der Waals surface area contributed by atoms with E-state index >= 15 is 0 Å². The van der Waals surface area contributed by atoms with Crippen molar-refractivity contribution in [3.05, 3.63) is 63.9 Å². The van der Waals surface area contributed by atoms with Crippen LogP contribution in [0.1, 0.15) is 24.1 Å². The van der Waals surface area contributed by atoms with Crippen LogP contribution in [0, 0.1) is 0 Å². The van der Waals surface area contributed by atoms with E-state index < -0.39 is 21.8 Å². The molecule has 2 atom stereocenters. The summed E-state index contributed by atoms with van der Waals surface area (Å²) in [6.07, 6.45) is 1.57. The predicted octanol–water partition coefficient (Wildman–Crippen LogP) is 2.78. The molecule has 1 aliphatic heterocycles. The number of hydrogen-bond donors (Lipinski definition) is 2. The number of rotatable bonds is 2. The van der Waals surface area contributed by atoms with Crippen molar-refractivity contribution in [2.75, 3.05) is 0 Å². The van der Waals surface area contributed by atoms with Gasteiger partial charge in [-0.05, 0) is 36.2 Å². The van der Waals surface area contributed by atoms with Crippen molar-refractivity contribution in [1.82, 2.24) is 14.4 Å². The van der Waals surface area contributed by atoms with Crippen LogP contribution in [0.25, 0.3) is 0 Å². The van der Waals surface area contributed by atoms with Crippen molar-refractivity contribution in [2.24, 2.45) is 0 Å². The second-order valence-electron chi connectivity index (χ2n) is 5.28. The van der Waals surface area contributed by atoms with E-state index in [2.05, 4.69) is 14.4 Å². The molecule has 0 saturated carbocycles. The molecule has 1 aliphatic rings. The molecule has 0 bridgehead atoms. The molecule has 0 radical (unpaired) electrons. The highest BCUT2D eigenvalue weighted by atomic mass is 35.5. The third-order valence-corrected chi connectivity index (χ3v) is 5.44. The fourth-order valence-corrected chi connectivity index (χ4v) is 4.38. The average molecular weight is 358 g/mol. The summed E-state index contributed by atoms with van der Waals surface area (Å²) in [4.78, 5) is 4.04. The summed E-state index contributed by atoms with van der Waals surface area (Å²) in [5.41, 5.74) is 0.630. The zero-order valence-corrected chi connectivity index (χ0v) is 13.9. The molecule has 2 aromatic rings. The highest BCUT2D eigenvalue weighted by molar-refractivity contribution is 7.87. The summed E-state index contributed by atoms with van der Waals surface area (Å²) in [7, 11) is -3.61. The van der Waals surface area contributed by atoms with E-state index in [4.69, 9.17) is 23.2 Å². The summed E-state index contributed by atoms with van der Waals surface area (Å²) < 4.78 is 29.4. The maximum Gasteiger partial charge on any atom is 0.278 e. The number of halogens is 2. The van der Waals surface area contributed by atoms with Crippen LogP contribution in [0.2, 0.25) is 10.2 Å². The molecule has 2 heterocycles. The topological polar surface area (TPSA) is 71.1 Å². The Morgan fingerprint density at radius 2 is 1.82 bits per heavy atom. The Bertz CT molecular complexity index is 794. The molecule has 8 heteroatoms. The van der Waals surface area contributed by atoms with Gasteiger partial charge in [0.25, 0.3) is 10.2 Å². The van der Waals surface area contributed by atoms with Crippen molar-refractivity contribution in [1.29, 1.82) is 0 Å². The molecule has 116 valence electrons. The maximum absolute atomic E-state index is 12.0. The number of hydrogen-bond acceptors (Lipinski definition) is 3. The first-order valence-corrected chi connectivity index (χ1v) is 8.73. The summed E-state index contributed by atoms with van der Waals surface area (Å²) in [6, 6.07) is 9.95. The minimum atomic E-state index is -3.61. The van der Waals surface area contributed by atoms with Gasteiger partial charge in [0, 0.05) is 11.2 Å². The standard InChI is InChI=1S/C14H13Cl2N3O2S/c1-14(10-4-7-12(16)17-8-10)13(18-22(20,21)19-14)9-2-5-11(15)6-3-9/h2-8,13,18-19H,1H3/t13-,14+/m1/s1. The maximum atomic E-state index is 12.0. The Morgan fingerprint density at radius 3 is 2.41 bits per heavy atom. The highest BCUT2D eigenvalue weighted by Crippen LogP contribution is 2.40. The molecular weight excluding hydrogens is 345 g/mol. The van der Waals surface area contributed by atoms with E-state index in [0.29, 0.717) is 15.7 Å². The SMILES string of the molecule is C[C@@]1(c2ccc(Cl)nc2)NS(=O)(=O)N[C@@H]1c1ccc(Cl)cc1. The van der Waals surface area contributed by atoms with Gasteiger partial charge in [-0.25, -0.2) is 4.98 Å². The summed E-state index contributed by atoms with van der Waals surface area (Å²) in [5.74, 6) is 0. The number of nitrogens with one attached hydrogen (secondary N) is 2. The molecular formula is C14H13Cl2N3O2S. The van der Waals surface area contributed by atoms with Crippen molar-refractivity contribution in [3.63, 3.8) is 0 Å². The molecule has 0 aliphatic carbocycles. The lowest BCUT2D eigenvalue weighted by molar-refractivity contribution is 0.378. The lowest BCUT2D eigenvalue weighted by Gasteiger charge is -2.29. The molecule has 1 aromatic heterocycles. The second-order valence-corrected chi connectivity index (χ2v) is 7.55. The Kier molecular flexibility index (Phi) is 3.91. The fourth-order valence-electron chi connectivity index (χ4n) is 2.61. The number of benzene rings is 1. The van der Waals surface area contributed by atoms with E-state index in [9.17, 15) is 8.42 Å². The third kappa shape index (κ3) is 2.85. The van der Waals surface area contributed by atoms with Crippen molar-refractivity contribution in [2.45, 2.75) is 18.5 Å². The van der Waals surface area contributed by atoms with E-state index in [-0.39, 0.29) is 0 Å². The van der Waals surface area contributed by atoms with Crippen LogP contribution < -0.4 is 9.44 Å². The zero-order valence-electron chi connectivity index (χ0n) is 11.5. The lowest BCUT2D eigenvalue weighted by Crippen LogP contribution is -2.39. The van der Waals surface area contributed by atoms with E-state index in [1.165, 1.54) is 0 Å². The molecule has 2 N–H and O–H groups in total. The first-order valence-electron chi connectivity index (χ1n) is 6.49. The molecule has 1 saturated heterocycles. The van der Waals surface area contributed by atoms with Crippen LogP contribution in [-0.2, 0) is 15.7 Å². The Hall–Kier alpha value is -1.18. The molecule has 22 heavy (non-hydrogen) atoms. The van der Waals surface area contributed by atoms with E-state index in [0.717, 1.165) is 5.56 Å². The summed E-state index contributed by atoms with van der Waals surface area (Å²) in [6.45, 7) is 1.80. The van der Waals surface area contributed by atoms with Gasteiger partial charge in [-0.3, -0.25) is 0 Å². The molecule has 0 amide bonds. The predicted molar refractivity (Wildman–Crippen MR) is 86.0 cm³/mol. The van der Waals surface area contributed by atoms with Gasteiger partial charge in [0.15, 0.2) is 0 Å². The van der Waals surface area contributed by atoms with Crippen LogP contribution >= 0.6 is 23.2 Å². The van der Waals surface area contributed by atoms with E-state index in [1.54, 1.807) is 49.5 Å². The largest absolute Gasteiger partial charge is 0.278 e. The van der Waals surface area contributed by atoms with Gasteiger partial charge in [0.1, 0.15) is 5.15 Å². The monoisotopic (exact) mass is 357 g/mol. The minimum absolute atomic E-state index is 0.351. The van der Waals surface area contributed by atoms with Gasteiger partial charge >= 0.3 is 0 Å². The van der Waals surface area contributed by atoms with Gasteiger partial charge in [0.2, 0.25) is 0 Å². The van der Waals surface area contributed by atoms with E-state index in [1.807, 2.05) is 0 Å². The Balaban J connectivity index is 2.10. The Morgan fingerprint density at radius 1 is 1.14 bits per heavy atom. The molecule has 1 aromatic carbocycles. The lowest BCUT2D eigenvalue weighted by atomic mass is 9.83. The summed E-state index contributed by atoms with van der Waals surface area (Å²) >= 11 is 11.7. The second kappa shape index (κ2) is 5.47. The van der Waals surface area contributed by atoms with Gasteiger partial charge < -0.3 is 0 Å². The van der Waals surface area contributed by atoms with Crippen LogP contribution in [0.5, 0.6) is 0 Å². The quantitative estimate of drug-likeness (QED) is 0.811. The third-order valence-electron chi connectivity index (χ3n) is 3.73. The van der Waals surface area contributed by atoms with Gasteiger partial charge in [-0.2, -0.15) is 17.9 Å². The summed E-state index contributed by atoms with van der Waals surface area (Å²) in [5, 5.41) is 0.941. The smallest absolute Gasteiger partial charge is 0.244 e. The van der Waals surface area contributed by atoms with Gasteiger partial charge in [-0.1, -0.05) is 41.4 Å². The van der Waals surface area contributed by atoms with Crippen molar-refractivity contribution in [3.8, 4) is 0 Å². The number of nitrogens with zero attached hydrogens (tertiary/aromatic N) is 1. The zero-order chi connectivity index (χ0) is 16.0. The van der Waals surface area contributed by atoms with Crippen LogP contribution in [-0.4, -0.2) is 13.4 Å². The molecule has 0 unspecified atom stereocenters. The first kappa shape index (κ1) is 15.7. The highest BCUT2D eigenvalue weighted by Gasteiger charge is 2.48. The van der Waals surface area contributed by atoms with Crippen LogP contribution in [0.4, 0.5) is 0 Å².